The number of fused-ring (bicyclic) bond motifs is 1. The summed E-state index contributed by atoms with van der Waals surface area (Å²) >= 11 is 0. The number of aromatic nitrogens is 2. The average molecular weight is 303 g/mol. The summed E-state index contributed by atoms with van der Waals surface area (Å²) in [7, 11) is 1.72. The van der Waals surface area contributed by atoms with E-state index in [0.29, 0.717) is 29.9 Å². The monoisotopic (exact) mass is 303 g/mol. The first kappa shape index (κ1) is 15.9. The molecule has 0 aromatic carbocycles. The highest BCUT2D eigenvalue weighted by Crippen LogP contribution is 2.28. The van der Waals surface area contributed by atoms with Crippen LogP contribution in [0.4, 0.5) is 0 Å². The highest BCUT2D eigenvalue weighted by Gasteiger charge is 2.24. The average Bonchev–Trinajstić information content (AvgIpc) is 2.70. The van der Waals surface area contributed by atoms with Crippen LogP contribution in [0.3, 0.4) is 0 Å². The summed E-state index contributed by atoms with van der Waals surface area (Å²) in [6, 6.07) is -0.310. The van der Waals surface area contributed by atoms with Crippen molar-refractivity contribution in [3.05, 3.63) is 23.0 Å². The molecule has 2 rings (SSSR count). The first-order valence-electron chi connectivity index (χ1n) is 7.41. The van der Waals surface area contributed by atoms with Gasteiger partial charge in [0, 0.05) is 25.4 Å². The highest BCUT2D eigenvalue weighted by atomic mass is 16.3. The maximum absolute atomic E-state index is 12.1. The lowest BCUT2D eigenvalue weighted by Crippen LogP contribution is -2.33. The van der Waals surface area contributed by atoms with Crippen molar-refractivity contribution in [2.75, 3.05) is 13.6 Å². The molecule has 0 aliphatic heterocycles. The second-order valence-electron chi connectivity index (χ2n) is 5.13. The zero-order chi connectivity index (χ0) is 16.1. The highest BCUT2D eigenvalue weighted by molar-refractivity contribution is 6.45. The van der Waals surface area contributed by atoms with Crippen LogP contribution in [0.25, 0.3) is 5.70 Å². The quantitative estimate of drug-likeness (QED) is 0.606. The zero-order valence-electron chi connectivity index (χ0n) is 12.9. The third-order valence-electron chi connectivity index (χ3n) is 3.58. The predicted molar refractivity (Wildman–Crippen MR) is 83.6 cm³/mol. The summed E-state index contributed by atoms with van der Waals surface area (Å²) in [6.45, 7) is 2.51. The van der Waals surface area contributed by atoms with Gasteiger partial charge in [0.05, 0.1) is 11.4 Å². The van der Waals surface area contributed by atoms with E-state index in [-0.39, 0.29) is 17.6 Å². The van der Waals surface area contributed by atoms with E-state index in [0.717, 1.165) is 24.8 Å². The van der Waals surface area contributed by atoms with Crippen LogP contribution in [-0.2, 0) is 11.2 Å². The summed E-state index contributed by atoms with van der Waals surface area (Å²) in [6.07, 6.45) is 4.56. The number of carbonyl (C=O) groups excluding carboxylic acids is 1. The van der Waals surface area contributed by atoms with Gasteiger partial charge >= 0.3 is 6.01 Å². The fourth-order valence-corrected chi connectivity index (χ4v) is 2.50. The van der Waals surface area contributed by atoms with Crippen LogP contribution in [-0.4, -0.2) is 40.3 Å². The summed E-state index contributed by atoms with van der Waals surface area (Å²) in [5.74, 6) is -0.383. The van der Waals surface area contributed by atoms with Crippen molar-refractivity contribution in [1.29, 1.82) is 5.41 Å². The second-order valence-corrected chi connectivity index (χ2v) is 5.13. The van der Waals surface area contributed by atoms with Gasteiger partial charge in [-0.3, -0.25) is 10.2 Å². The minimum atomic E-state index is -0.383. The van der Waals surface area contributed by atoms with E-state index in [1.165, 1.54) is 0 Å². The van der Waals surface area contributed by atoms with E-state index in [4.69, 9.17) is 5.41 Å². The van der Waals surface area contributed by atoms with Crippen molar-refractivity contribution in [3.8, 4) is 6.01 Å². The molecule has 0 saturated carbocycles. The second kappa shape index (κ2) is 7.02. The Balaban J connectivity index is 2.43. The van der Waals surface area contributed by atoms with Crippen LogP contribution in [0.2, 0.25) is 0 Å². The van der Waals surface area contributed by atoms with E-state index in [9.17, 15) is 9.90 Å². The molecule has 0 radical (unpaired) electrons. The molecular weight excluding hydrogens is 282 g/mol. The van der Waals surface area contributed by atoms with Crippen molar-refractivity contribution in [2.45, 2.75) is 32.6 Å². The SMILES string of the molecule is CCCNC(=O)C(=N)C1=C(NC)c2nc(O)ncc2CCC1. The third kappa shape index (κ3) is 3.24. The first-order valence-corrected chi connectivity index (χ1v) is 7.41. The Bertz CT molecular complexity index is 624. The van der Waals surface area contributed by atoms with E-state index < -0.39 is 0 Å². The predicted octanol–water partition coefficient (Wildman–Crippen LogP) is 0.995. The Hall–Kier alpha value is -2.44. The van der Waals surface area contributed by atoms with Crippen LogP contribution < -0.4 is 10.6 Å². The smallest absolute Gasteiger partial charge is 0.314 e. The fraction of sp³-hybridized carbons (Fsp3) is 0.467. The minimum absolute atomic E-state index is 0.0521. The van der Waals surface area contributed by atoms with Crippen molar-refractivity contribution in [2.24, 2.45) is 0 Å². The molecule has 7 heteroatoms. The zero-order valence-corrected chi connectivity index (χ0v) is 12.9. The number of nitrogens with zero attached hydrogens (tertiary/aromatic N) is 2. The molecule has 0 atom stereocenters. The number of nitrogens with one attached hydrogen (secondary N) is 3. The van der Waals surface area contributed by atoms with E-state index in [2.05, 4.69) is 20.6 Å². The van der Waals surface area contributed by atoms with Gasteiger partial charge in [0.2, 0.25) is 0 Å². The van der Waals surface area contributed by atoms with E-state index in [1.807, 2.05) is 6.92 Å². The van der Waals surface area contributed by atoms with Gasteiger partial charge < -0.3 is 15.7 Å². The number of amides is 1. The molecule has 0 saturated heterocycles. The van der Waals surface area contributed by atoms with Gasteiger partial charge in [0.1, 0.15) is 5.71 Å². The summed E-state index contributed by atoms with van der Waals surface area (Å²) in [5.41, 5.74) is 2.65. The number of hydrogen-bond acceptors (Lipinski definition) is 6. The van der Waals surface area contributed by atoms with Gasteiger partial charge in [0.15, 0.2) is 0 Å². The number of hydrogen-bond donors (Lipinski definition) is 4. The van der Waals surface area contributed by atoms with Crippen LogP contribution in [0.1, 0.15) is 37.4 Å². The molecule has 118 valence electrons. The van der Waals surface area contributed by atoms with Crippen LogP contribution >= 0.6 is 0 Å². The van der Waals surface area contributed by atoms with Gasteiger partial charge in [-0.25, -0.2) is 4.98 Å². The Morgan fingerprint density at radius 3 is 2.91 bits per heavy atom. The molecule has 22 heavy (non-hydrogen) atoms. The normalized spacial score (nSPS) is 14.1. The Kier molecular flexibility index (Phi) is 5.08. The van der Waals surface area contributed by atoms with Gasteiger partial charge in [-0.05, 0) is 31.2 Å². The molecule has 7 nitrogen and oxygen atoms in total. The molecule has 1 heterocycles. The number of aryl methyl sites for hydroxylation is 1. The standard InChI is InChI=1S/C15H21N5O2/c1-3-7-18-14(21)11(16)10-6-4-5-9-8-19-15(22)20-12(9)13(10)17-2/h8,16-17H,3-7H2,1-2H3,(H,18,21)(H,19,20,22). The summed E-state index contributed by atoms with van der Waals surface area (Å²) in [4.78, 5) is 20.0. The number of aromatic hydroxyl groups is 1. The van der Waals surface area contributed by atoms with Gasteiger partial charge in [-0.15, -0.1) is 0 Å². The van der Waals surface area contributed by atoms with Gasteiger partial charge in [-0.1, -0.05) is 6.92 Å². The molecule has 1 aliphatic rings. The lowest BCUT2D eigenvalue weighted by Gasteiger charge is -2.14. The molecular formula is C15H21N5O2. The molecule has 1 aromatic rings. The molecule has 0 bridgehead atoms. The van der Waals surface area contributed by atoms with E-state index in [1.54, 1.807) is 13.2 Å². The van der Waals surface area contributed by atoms with Crippen LogP contribution in [0.5, 0.6) is 6.01 Å². The summed E-state index contributed by atoms with van der Waals surface area (Å²) in [5, 5.41) is 23.5. The Labute approximate surface area is 129 Å². The maximum Gasteiger partial charge on any atom is 0.314 e. The van der Waals surface area contributed by atoms with Crippen molar-refractivity contribution in [3.63, 3.8) is 0 Å². The fourth-order valence-electron chi connectivity index (χ4n) is 2.50. The molecule has 1 amide bonds. The first-order chi connectivity index (χ1) is 10.6. The lowest BCUT2D eigenvalue weighted by atomic mass is 10.0. The molecule has 0 fully saturated rings. The molecule has 0 unspecified atom stereocenters. The number of rotatable bonds is 5. The van der Waals surface area contributed by atoms with E-state index >= 15 is 0 Å². The maximum atomic E-state index is 12.1. The van der Waals surface area contributed by atoms with Gasteiger partial charge in [-0.2, -0.15) is 4.98 Å². The summed E-state index contributed by atoms with van der Waals surface area (Å²) < 4.78 is 0. The van der Waals surface area contributed by atoms with Crippen molar-refractivity contribution in [1.82, 2.24) is 20.6 Å². The molecule has 0 spiro atoms. The van der Waals surface area contributed by atoms with Crippen LogP contribution in [0, 0.1) is 5.41 Å². The Morgan fingerprint density at radius 2 is 2.23 bits per heavy atom. The minimum Gasteiger partial charge on any atom is -0.479 e. The van der Waals surface area contributed by atoms with Crippen LogP contribution in [0.15, 0.2) is 11.8 Å². The van der Waals surface area contributed by atoms with Gasteiger partial charge in [0.25, 0.3) is 5.91 Å². The molecule has 1 aromatic heterocycles. The molecule has 1 aliphatic carbocycles. The topological polar surface area (TPSA) is 111 Å². The largest absolute Gasteiger partial charge is 0.479 e. The van der Waals surface area contributed by atoms with Crippen molar-refractivity contribution >= 4 is 17.3 Å². The lowest BCUT2D eigenvalue weighted by molar-refractivity contribution is -0.114. The molecule has 4 N–H and O–H groups in total. The number of carbonyl (C=O) groups is 1. The Morgan fingerprint density at radius 1 is 1.45 bits per heavy atom. The van der Waals surface area contributed by atoms with Crippen molar-refractivity contribution < 1.29 is 9.90 Å². The third-order valence-corrected chi connectivity index (χ3v) is 3.58.